The molecule has 0 aromatic heterocycles. The summed E-state index contributed by atoms with van der Waals surface area (Å²) in [6.45, 7) is 14.8. The number of piperidine rings is 2. The lowest BCUT2D eigenvalue weighted by Crippen LogP contribution is -2.52. The zero-order valence-corrected chi connectivity index (χ0v) is 12.9. The van der Waals surface area contributed by atoms with Gasteiger partial charge < -0.3 is 0 Å². The Labute approximate surface area is 114 Å². The normalized spacial score (nSPS) is 29.3. The van der Waals surface area contributed by atoms with Crippen LogP contribution in [0.25, 0.3) is 0 Å². The van der Waals surface area contributed by atoms with Gasteiger partial charge in [0.2, 0.25) is 0 Å². The van der Waals surface area contributed by atoms with Crippen molar-refractivity contribution in [3.63, 3.8) is 0 Å². The van der Waals surface area contributed by atoms with Crippen LogP contribution in [0.15, 0.2) is 0 Å². The van der Waals surface area contributed by atoms with E-state index in [1.54, 1.807) is 0 Å². The zero-order valence-electron chi connectivity index (χ0n) is 12.9. The van der Waals surface area contributed by atoms with E-state index in [1.165, 1.54) is 51.9 Å². The Bertz CT molecular complexity index is 241. The van der Waals surface area contributed by atoms with E-state index >= 15 is 0 Å². The van der Waals surface area contributed by atoms with Gasteiger partial charge in [-0.15, -0.1) is 0 Å². The van der Waals surface area contributed by atoms with E-state index in [-0.39, 0.29) is 0 Å². The van der Waals surface area contributed by atoms with Crippen LogP contribution in [0.4, 0.5) is 0 Å². The predicted octanol–water partition coefficient (Wildman–Crippen LogP) is 3.23. The predicted molar refractivity (Wildman–Crippen MR) is 78.9 cm³/mol. The van der Waals surface area contributed by atoms with Crippen molar-refractivity contribution < 1.29 is 0 Å². The zero-order chi connectivity index (χ0) is 13.1. The highest BCUT2D eigenvalue weighted by atomic mass is 15.2. The maximum Gasteiger partial charge on any atom is 0.0223 e. The number of rotatable bonds is 3. The van der Waals surface area contributed by atoms with E-state index < -0.39 is 0 Å². The van der Waals surface area contributed by atoms with E-state index in [2.05, 4.69) is 37.5 Å². The lowest BCUT2D eigenvalue weighted by atomic mass is 9.85. The van der Waals surface area contributed by atoms with Crippen molar-refractivity contribution in [3.8, 4) is 0 Å². The molecular weight excluding hydrogens is 220 g/mol. The topological polar surface area (TPSA) is 6.48 Å². The Morgan fingerprint density at radius 3 is 2.11 bits per heavy atom. The van der Waals surface area contributed by atoms with Gasteiger partial charge in [-0.3, -0.25) is 9.80 Å². The summed E-state index contributed by atoms with van der Waals surface area (Å²) >= 11 is 0. The summed E-state index contributed by atoms with van der Waals surface area (Å²) in [5.74, 6) is 1.86. The minimum atomic E-state index is 0.723. The molecule has 2 heterocycles. The van der Waals surface area contributed by atoms with Gasteiger partial charge in [-0.25, -0.2) is 0 Å². The van der Waals surface area contributed by atoms with Gasteiger partial charge in [0, 0.05) is 18.6 Å². The first-order chi connectivity index (χ1) is 8.58. The SMILES string of the molecule is CC(C)C1CCN([C@H]2CCCN(C(C)C)C2)CC1. The molecule has 0 spiro atoms. The molecule has 0 aliphatic carbocycles. The highest BCUT2D eigenvalue weighted by Gasteiger charge is 2.30. The maximum atomic E-state index is 2.79. The van der Waals surface area contributed by atoms with Gasteiger partial charge in [-0.05, 0) is 71.0 Å². The highest BCUT2D eigenvalue weighted by Crippen LogP contribution is 2.27. The van der Waals surface area contributed by atoms with Gasteiger partial charge in [0.25, 0.3) is 0 Å². The molecule has 18 heavy (non-hydrogen) atoms. The van der Waals surface area contributed by atoms with Crippen LogP contribution in [0.2, 0.25) is 0 Å². The van der Waals surface area contributed by atoms with E-state index in [1.807, 2.05) is 0 Å². The molecule has 2 heteroatoms. The molecule has 0 N–H and O–H groups in total. The van der Waals surface area contributed by atoms with Crippen molar-refractivity contribution >= 4 is 0 Å². The summed E-state index contributed by atoms with van der Waals surface area (Å²) in [7, 11) is 0. The third-order valence-electron chi connectivity index (χ3n) is 5.19. The second kappa shape index (κ2) is 6.38. The van der Waals surface area contributed by atoms with Crippen LogP contribution in [0.3, 0.4) is 0 Å². The molecule has 0 saturated carbocycles. The molecule has 0 bridgehead atoms. The molecular formula is C16H32N2. The second-order valence-corrected chi connectivity index (χ2v) is 7.00. The monoisotopic (exact) mass is 252 g/mol. The first kappa shape index (κ1) is 14.3. The van der Waals surface area contributed by atoms with Crippen molar-refractivity contribution in [2.24, 2.45) is 11.8 Å². The summed E-state index contributed by atoms with van der Waals surface area (Å²) in [4.78, 5) is 5.45. The largest absolute Gasteiger partial charge is 0.299 e. The van der Waals surface area contributed by atoms with E-state index in [4.69, 9.17) is 0 Å². The van der Waals surface area contributed by atoms with Crippen molar-refractivity contribution in [2.75, 3.05) is 26.2 Å². The summed E-state index contributed by atoms with van der Waals surface area (Å²) < 4.78 is 0. The van der Waals surface area contributed by atoms with Crippen LogP contribution in [0, 0.1) is 11.8 Å². The number of hydrogen-bond acceptors (Lipinski definition) is 2. The molecule has 0 unspecified atom stereocenters. The quantitative estimate of drug-likeness (QED) is 0.761. The van der Waals surface area contributed by atoms with Crippen molar-refractivity contribution in [3.05, 3.63) is 0 Å². The molecule has 1 atom stereocenters. The first-order valence-electron chi connectivity index (χ1n) is 8.06. The Balaban J connectivity index is 1.82. The van der Waals surface area contributed by atoms with Crippen molar-refractivity contribution in [2.45, 2.75) is 65.5 Å². The Hall–Kier alpha value is -0.0800. The van der Waals surface area contributed by atoms with Crippen molar-refractivity contribution in [1.29, 1.82) is 0 Å². The van der Waals surface area contributed by atoms with Crippen LogP contribution in [0.5, 0.6) is 0 Å². The average molecular weight is 252 g/mol. The van der Waals surface area contributed by atoms with Gasteiger partial charge in [0.05, 0.1) is 0 Å². The molecule has 2 saturated heterocycles. The van der Waals surface area contributed by atoms with E-state index in [0.717, 1.165) is 23.9 Å². The highest BCUT2D eigenvalue weighted by molar-refractivity contribution is 4.85. The molecule has 0 amide bonds. The number of nitrogens with zero attached hydrogens (tertiary/aromatic N) is 2. The van der Waals surface area contributed by atoms with Gasteiger partial charge in [0.15, 0.2) is 0 Å². The number of hydrogen-bond donors (Lipinski definition) is 0. The fourth-order valence-electron chi connectivity index (χ4n) is 3.70. The Morgan fingerprint density at radius 1 is 0.889 bits per heavy atom. The molecule has 2 nitrogen and oxygen atoms in total. The first-order valence-corrected chi connectivity index (χ1v) is 8.06. The molecule has 106 valence electrons. The van der Waals surface area contributed by atoms with Crippen LogP contribution < -0.4 is 0 Å². The lowest BCUT2D eigenvalue weighted by Gasteiger charge is -2.44. The van der Waals surface area contributed by atoms with Gasteiger partial charge in [-0.2, -0.15) is 0 Å². The summed E-state index contributed by atoms with van der Waals surface area (Å²) in [6.07, 6.45) is 5.67. The standard InChI is InChI=1S/C16H32N2/c1-13(2)15-7-10-17(11-8-15)16-6-5-9-18(12-16)14(3)4/h13-16H,5-12H2,1-4H3/t16-/m0/s1. The van der Waals surface area contributed by atoms with Gasteiger partial charge in [-0.1, -0.05) is 13.8 Å². The third-order valence-corrected chi connectivity index (χ3v) is 5.19. The number of likely N-dealkylation sites (tertiary alicyclic amines) is 2. The van der Waals surface area contributed by atoms with Crippen LogP contribution in [-0.4, -0.2) is 48.1 Å². The van der Waals surface area contributed by atoms with Crippen LogP contribution in [0.1, 0.15) is 53.4 Å². The molecule has 2 aliphatic heterocycles. The molecule has 0 aromatic rings. The fourth-order valence-corrected chi connectivity index (χ4v) is 3.70. The lowest BCUT2D eigenvalue weighted by molar-refractivity contribution is 0.0504. The van der Waals surface area contributed by atoms with Crippen LogP contribution in [-0.2, 0) is 0 Å². The smallest absolute Gasteiger partial charge is 0.0223 e. The Kier molecular flexibility index (Phi) is 5.08. The summed E-state index contributed by atoms with van der Waals surface area (Å²) in [5, 5.41) is 0. The molecule has 0 aromatic carbocycles. The Morgan fingerprint density at radius 2 is 1.56 bits per heavy atom. The summed E-state index contributed by atoms with van der Waals surface area (Å²) in [5.41, 5.74) is 0. The van der Waals surface area contributed by atoms with Crippen LogP contribution >= 0.6 is 0 Å². The average Bonchev–Trinajstić information content (AvgIpc) is 2.39. The molecule has 2 aliphatic rings. The molecule has 0 radical (unpaired) electrons. The van der Waals surface area contributed by atoms with Gasteiger partial charge >= 0.3 is 0 Å². The van der Waals surface area contributed by atoms with Gasteiger partial charge in [0.1, 0.15) is 0 Å². The minimum absolute atomic E-state index is 0.723. The second-order valence-electron chi connectivity index (χ2n) is 7.00. The van der Waals surface area contributed by atoms with Crippen molar-refractivity contribution in [1.82, 2.24) is 9.80 Å². The fraction of sp³-hybridized carbons (Fsp3) is 1.00. The maximum absolute atomic E-state index is 2.79. The summed E-state index contributed by atoms with van der Waals surface area (Å²) in [6, 6.07) is 1.57. The molecule has 2 rings (SSSR count). The molecule has 2 fully saturated rings. The third kappa shape index (κ3) is 3.48. The minimum Gasteiger partial charge on any atom is -0.299 e. The van der Waals surface area contributed by atoms with E-state index in [9.17, 15) is 0 Å². The van der Waals surface area contributed by atoms with E-state index in [0.29, 0.717) is 0 Å².